The first-order valence-corrected chi connectivity index (χ1v) is 4.41. The van der Waals surface area contributed by atoms with Gasteiger partial charge in [-0.3, -0.25) is 9.48 Å². The molecule has 1 rings (SSSR count). The Labute approximate surface area is 83.3 Å². The third-order valence-corrected chi connectivity index (χ3v) is 1.66. The van der Waals surface area contributed by atoms with Crippen molar-refractivity contribution in [3.8, 4) is 11.8 Å². The Kier molecular flexibility index (Phi) is 3.74. The number of hydrogen-bond donors (Lipinski definition) is 1. The van der Waals surface area contributed by atoms with Gasteiger partial charge in [0.05, 0.1) is 0 Å². The molecule has 1 aromatic heterocycles. The van der Waals surface area contributed by atoms with Crippen LogP contribution < -0.4 is 5.32 Å². The van der Waals surface area contributed by atoms with Crippen LogP contribution in [0, 0.1) is 11.8 Å². The molecule has 74 valence electrons. The van der Waals surface area contributed by atoms with Crippen LogP contribution in [0.2, 0.25) is 0 Å². The van der Waals surface area contributed by atoms with Crippen molar-refractivity contribution in [2.24, 2.45) is 7.05 Å². The first-order valence-electron chi connectivity index (χ1n) is 4.41. The van der Waals surface area contributed by atoms with E-state index in [0.717, 1.165) is 0 Å². The van der Waals surface area contributed by atoms with Crippen LogP contribution in [-0.4, -0.2) is 22.2 Å². The Morgan fingerprint density at radius 1 is 1.71 bits per heavy atom. The summed E-state index contributed by atoms with van der Waals surface area (Å²) >= 11 is 0. The molecule has 1 heterocycles. The molecular weight excluding hydrogens is 178 g/mol. The molecule has 0 radical (unpaired) electrons. The maximum atomic E-state index is 11.4. The number of carbonyl (C=O) groups excluding carboxylic acids is 1. The van der Waals surface area contributed by atoms with E-state index in [4.69, 9.17) is 0 Å². The van der Waals surface area contributed by atoms with Crippen molar-refractivity contribution in [3.05, 3.63) is 18.0 Å². The molecule has 1 amide bonds. The van der Waals surface area contributed by atoms with Gasteiger partial charge in [0.25, 0.3) is 5.91 Å². The average molecular weight is 191 g/mol. The predicted octanol–water partition coefficient (Wildman–Crippen LogP) is 0.563. The maximum absolute atomic E-state index is 11.4. The van der Waals surface area contributed by atoms with Gasteiger partial charge in [-0.15, -0.1) is 11.8 Å². The molecule has 0 aromatic carbocycles. The summed E-state index contributed by atoms with van der Waals surface area (Å²) in [6.07, 6.45) is 2.41. The molecule has 0 atom stereocenters. The number of nitrogens with zero attached hydrogens (tertiary/aromatic N) is 2. The summed E-state index contributed by atoms with van der Waals surface area (Å²) in [5.74, 6) is 5.48. The van der Waals surface area contributed by atoms with Crippen LogP contribution in [0.3, 0.4) is 0 Å². The van der Waals surface area contributed by atoms with Crippen LogP contribution in [0.1, 0.15) is 23.8 Å². The lowest BCUT2D eigenvalue weighted by Crippen LogP contribution is -2.24. The minimum absolute atomic E-state index is 0.150. The highest BCUT2D eigenvalue weighted by molar-refractivity contribution is 5.92. The predicted molar refractivity (Wildman–Crippen MR) is 53.6 cm³/mol. The SMILES string of the molecule is CC#CCCNC(=O)c1ccn(C)n1. The summed E-state index contributed by atoms with van der Waals surface area (Å²) in [5, 5.41) is 6.71. The molecule has 0 unspecified atom stereocenters. The van der Waals surface area contributed by atoms with E-state index in [-0.39, 0.29) is 5.91 Å². The summed E-state index contributed by atoms with van der Waals surface area (Å²) in [5.41, 5.74) is 0.442. The van der Waals surface area contributed by atoms with Crippen molar-refractivity contribution < 1.29 is 4.79 Å². The van der Waals surface area contributed by atoms with E-state index in [1.54, 1.807) is 30.9 Å². The van der Waals surface area contributed by atoms with Gasteiger partial charge in [0.1, 0.15) is 5.69 Å². The average Bonchev–Trinajstić information content (AvgIpc) is 2.59. The monoisotopic (exact) mass is 191 g/mol. The van der Waals surface area contributed by atoms with Gasteiger partial charge in [0.15, 0.2) is 0 Å². The Hall–Kier alpha value is -1.76. The van der Waals surface area contributed by atoms with Gasteiger partial charge in [-0.1, -0.05) is 0 Å². The van der Waals surface area contributed by atoms with Crippen molar-refractivity contribution in [1.29, 1.82) is 0 Å². The van der Waals surface area contributed by atoms with Gasteiger partial charge < -0.3 is 5.32 Å². The van der Waals surface area contributed by atoms with Crippen molar-refractivity contribution in [1.82, 2.24) is 15.1 Å². The number of nitrogens with one attached hydrogen (secondary N) is 1. The second kappa shape index (κ2) is 5.07. The van der Waals surface area contributed by atoms with Crippen LogP contribution in [0.15, 0.2) is 12.3 Å². The second-order valence-electron chi connectivity index (χ2n) is 2.81. The lowest BCUT2D eigenvalue weighted by molar-refractivity contribution is 0.0949. The molecule has 0 saturated carbocycles. The standard InChI is InChI=1S/C10H13N3O/c1-3-4-5-7-11-10(14)9-6-8-13(2)12-9/h6,8H,5,7H2,1-2H3,(H,11,14). The summed E-state index contributed by atoms with van der Waals surface area (Å²) in [4.78, 5) is 11.4. The number of rotatable bonds is 3. The molecule has 14 heavy (non-hydrogen) atoms. The van der Waals surface area contributed by atoms with Crippen LogP contribution in [-0.2, 0) is 7.05 Å². The zero-order valence-electron chi connectivity index (χ0n) is 8.37. The largest absolute Gasteiger partial charge is 0.350 e. The Balaban J connectivity index is 2.38. The maximum Gasteiger partial charge on any atom is 0.271 e. The van der Waals surface area contributed by atoms with Crippen molar-refractivity contribution in [2.75, 3.05) is 6.54 Å². The Morgan fingerprint density at radius 2 is 2.50 bits per heavy atom. The molecule has 4 heteroatoms. The first kappa shape index (κ1) is 10.3. The van der Waals surface area contributed by atoms with E-state index < -0.39 is 0 Å². The smallest absolute Gasteiger partial charge is 0.271 e. The normalized spacial score (nSPS) is 9.00. The van der Waals surface area contributed by atoms with Crippen LogP contribution in [0.25, 0.3) is 0 Å². The molecule has 0 saturated heterocycles. The number of aromatic nitrogens is 2. The number of carbonyl (C=O) groups is 1. The van der Waals surface area contributed by atoms with Crippen LogP contribution in [0.4, 0.5) is 0 Å². The Morgan fingerprint density at radius 3 is 3.07 bits per heavy atom. The van der Waals surface area contributed by atoms with Crippen LogP contribution in [0.5, 0.6) is 0 Å². The molecule has 4 nitrogen and oxygen atoms in total. The van der Waals surface area contributed by atoms with E-state index in [2.05, 4.69) is 22.3 Å². The fraction of sp³-hybridized carbons (Fsp3) is 0.400. The summed E-state index contributed by atoms with van der Waals surface area (Å²) in [6, 6.07) is 1.68. The molecule has 0 spiro atoms. The molecule has 0 bridgehead atoms. The second-order valence-corrected chi connectivity index (χ2v) is 2.81. The quantitative estimate of drug-likeness (QED) is 0.560. The fourth-order valence-corrected chi connectivity index (χ4v) is 0.990. The van der Waals surface area contributed by atoms with E-state index in [1.807, 2.05) is 0 Å². The van der Waals surface area contributed by atoms with Gasteiger partial charge >= 0.3 is 0 Å². The lowest BCUT2D eigenvalue weighted by atomic mass is 10.3. The van der Waals surface area contributed by atoms with Gasteiger partial charge in [0.2, 0.25) is 0 Å². The van der Waals surface area contributed by atoms with E-state index in [1.165, 1.54) is 0 Å². The Bertz CT molecular complexity index is 370. The number of hydrogen-bond acceptors (Lipinski definition) is 2. The first-order chi connectivity index (χ1) is 6.74. The van der Waals surface area contributed by atoms with E-state index in [9.17, 15) is 4.79 Å². The molecule has 0 aliphatic heterocycles. The third kappa shape index (κ3) is 2.94. The van der Waals surface area contributed by atoms with Gasteiger partial charge in [-0.2, -0.15) is 5.10 Å². The highest BCUT2D eigenvalue weighted by Crippen LogP contribution is 1.93. The molecule has 1 N–H and O–H groups in total. The fourth-order valence-electron chi connectivity index (χ4n) is 0.990. The van der Waals surface area contributed by atoms with Gasteiger partial charge in [0, 0.05) is 26.2 Å². The van der Waals surface area contributed by atoms with Gasteiger partial charge in [-0.25, -0.2) is 0 Å². The topological polar surface area (TPSA) is 46.9 Å². The van der Waals surface area contributed by atoms with E-state index >= 15 is 0 Å². The minimum atomic E-state index is -0.150. The zero-order valence-corrected chi connectivity index (χ0v) is 8.37. The molecule has 0 aliphatic rings. The number of aryl methyl sites for hydroxylation is 1. The van der Waals surface area contributed by atoms with Crippen LogP contribution >= 0.6 is 0 Å². The summed E-state index contributed by atoms with van der Waals surface area (Å²) in [6.45, 7) is 2.34. The summed E-state index contributed by atoms with van der Waals surface area (Å²) in [7, 11) is 1.78. The third-order valence-electron chi connectivity index (χ3n) is 1.66. The van der Waals surface area contributed by atoms with Crippen molar-refractivity contribution in [2.45, 2.75) is 13.3 Å². The van der Waals surface area contributed by atoms with E-state index in [0.29, 0.717) is 18.7 Å². The molecular formula is C10H13N3O. The van der Waals surface area contributed by atoms with Crippen molar-refractivity contribution in [3.63, 3.8) is 0 Å². The lowest BCUT2D eigenvalue weighted by Gasteiger charge is -1.98. The molecule has 0 fully saturated rings. The number of amides is 1. The zero-order chi connectivity index (χ0) is 10.4. The molecule has 1 aromatic rings. The highest BCUT2D eigenvalue weighted by atomic mass is 16.1. The summed E-state index contributed by atoms with van der Waals surface area (Å²) < 4.78 is 1.60. The highest BCUT2D eigenvalue weighted by Gasteiger charge is 2.06. The van der Waals surface area contributed by atoms with Crippen molar-refractivity contribution >= 4 is 5.91 Å². The van der Waals surface area contributed by atoms with Gasteiger partial charge in [-0.05, 0) is 13.0 Å². The molecule has 0 aliphatic carbocycles. The minimum Gasteiger partial charge on any atom is -0.350 e.